The smallest absolute Gasteiger partial charge is 0.335 e. The van der Waals surface area contributed by atoms with Crippen LogP contribution in [-0.2, 0) is 0 Å². The van der Waals surface area contributed by atoms with Crippen LogP contribution in [-0.4, -0.2) is 21.2 Å². The second-order valence-corrected chi connectivity index (χ2v) is 8.31. The minimum Gasteiger partial charge on any atom is -0.478 e. The number of carbonyl (C=O) groups is 1. The number of carboxylic acid groups (broad SMARTS) is 1. The molecule has 4 aromatic rings. The summed E-state index contributed by atoms with van der Waals surface area (Å²) in [6.07, 6.45) is 1.76. The Hall–Kier alpha value is -3.97. The third-order valence-electron chi connectivity index (χ3n) is 5.69. The van der Waals surface area contributed by atoms with E-state index in [-0.39, 0.29) is 17.6 Å². The number of furan rings is 1. The molecule has 3 heterocycles. The van der Waals surface area contributed by atoms with E-state index in [2.05, 4.69) is 21.3 Å². The first kappa shape index (κ1) is 20.9. The molecular weight excluding hydrogens is 434 g/mol. The van der Waals surface area contributed by atoms with Gasteiger partial charge in [0.1, 0.15) is 17.6 Å². The average molecular weight is 456 g/mol. The molecule has 1 fully saturated rings. The van der Waals surface area contributed by atoms with Crippen molar-refractivity contribution < 1.29 is 14.3 Å². The van der Waals surface area contributed by atoms with Crippen LogP contribution in [0.15, 0.2) is 89.5 Å². The van der Waals surface area contributed by atoms with Crippen molar-refractivity contribution >= 4 is 29.0 Å². The van der Waals surface area contributed by atoms with Gasteiger partial charge < -0.3 is 19.7 Å². The molecule has 0 spiro atoms. The van der Waals surface area contributed by atoms with Crippen molar-refractivity contribution in [1.29, 1.82) is 0 Å². The van der Waals surface area contributed by atoms with E-state index in [1.807, 2.05) is 61.5 Å². The predicted molar refractivity (Wildman–Crippen MR) is 130 cm³/mol. The Morgan fingerprint density at radius 2 is 1.91 bits per heavy atom. The number of pyridine rings is 1. The van der Waals surface area contributed by atoms with E-state index < -0.39 is 5.97 Å². The summed E-state index contributed by atoms with van der Waals surface area (Å²) in [5.74, 6) is 0.319. The number of nitrogens with zero attached hydrogens (tertiary/aromatic N) is 2. The highest BCUT2D eigenvalue weighted by Gasteiger charge is 2.42. The number of aromatic nitrogens is 1. The first-order valence-electron chi connectivity index (χ1n) is 10.5. The molecule has 0 radical (unpaired) electrons. The van der Waals surface area contributed by atoms with Gasteiger partial charge in [-0.1, -0.05) is 30.3 Å². The van der Waals surface area contributed by atoms with E-state index in [0.29, 0.717) is 22.2 Å². The van der Waals surface area contributed by atoms with Gasteiger partial charge in [-0.3, -0.25) is 4.98 Å². The highest BCUT2D eigenvalue weighted by atomic mass is 32.1. The molecule has 0 aliphatic carbocycles. The summed E-state index contributed by atoms with van der Waals surface area (Å²) >= 11 is 5.75. The summed E-state index contributed by atoms with van der Waals surface area (Å²) in [5, 5.41) is 13.3. The van der Waals surface area contributed by atoms with Gasteiger partial charge in [-0.25, -0.2) is 4.79 Å². The minimum atomic E-state index is -0.977. The second kappa shape index (κ2) is 8.52. The van der Waals surface area contributed by atoms with E-state index >= 15 is 0 Å². The number of nitrogens with one attached hydrogen (secondary N) is 1. The van der Waals surface area contributed by atoms with Crippen molar-refractivity contribution in [1.82, 2.24) is 10.3 Å². The third-order valence-corrected chi connectivity index (χ3v) is 6.00. The molecule has 0 bridgehead atoms. The molecule has 2 aromatic heterocycles. The number of hydrogen-bond acceptors (Lipinski definition) is 4. The first-order chi connectivity index (χ1) is 16.0. The van der Waals surface area contributed by atoms with Gasteiger partial charge in [0.15, 0.2) is 5.11 Å². The number of carboxylic acids is 1. The van der Waals surface area contributed by atoms with Crippen LogP contribution in [0.1, 0.15) is 39.5 Å². The van der Waals surface area contributed by atoms with Crippen molar-refractivity contribution in [3.05, 3.63) is 108 Å². The van der Waals surface area contributed by atoms with Crippen molar-refractivity contribution in [2.24, 2.45) is 0 Å². The van der Waals surface area contributed by atoms with Crippen LogP contribution in [0.4, 0.5) is 5.69 Å². The quantitative estimate of drug-likeness (QED) is 0.383. The molecule has 1 aliphatic heterocycles. The molecule has 2 atom stereocenters. The van der Waals surface area contributed by atoms with Crippen molar-refractivity contribution in [3.8, 4) is 11.3 Å². The number of aryl methyl sites for hydroxylation is 1. The largest absolute Gasteiger partial charge is 0.478 e. The summed E-state index contributed by atoms with van der Waals surface area (Å²) in [6, 6.07) is 24.0. The predicted octanol–water partition coefficient (Wildman–Crippen LogP) is 5.53. The number of aromatic carboxylic acids is 1. The minimum absolute atomic E-state index is 0.210. The lowest BCUT2D eigenvalue weighted by atomic mass is 10.0. The van der Waals surface area contributed by atoms with E-state index in [9.17, 15) is 9.90 Å². The lowest BCUT2D eigenvalue weighted by Gasteiger charge is -2.26. The molecule has 5 rings (SSSR count). The van der Waals surface area contributed by atoms with Crippen LogP contribution in [0, 0.1) is 6.92 Å². The SMILES string of the molecule is Cc1cccc(N2C(=S)N[C@@H](c3ccccn3)[C@H]2c2ccc(-c3cccc(C(=O)O)c3)o2)c1. The lowest BCUT2D eigenvalue weighted by molar-refractivity contribution is 0.0697. The maximum atomic E-state index is 11.4. The third kappa shape index (κ3) is 3.99. The molecule has 1 saturated heterocycles. The number of benzene rings is 2. The first-order valence-corrected chi connectivity index (χ1v) is 10.9. The molecule has 1 aliphatic rings. The zero-order valence-electron chi connectivity index (χ0n) is 17.8. The zero-order chi connectivity index (χ0) is 22.9. The summed E-state index contributed by atoms with van der Waals surface area (Å²) in [5.41, 5.74) is 3.85. The molecule has 0 saturated carbocycles. The van der Waals surface area contributed by atoms with E-state index in [0.717, 1.165) is 16.9 Å². The van der Waals surface area contributed by atoms with Crippen molar-refractivity contribution in [2.75, 3.05) is 4.90 Å². The monoisotopic (exact) mass is 455 g/mol. The zero-order valence-corrected chi connectivity index (χ0v) is 18.6. The fourth-order valence-electron chi connectivity index (χ4n) is 4.17. The molecule has 2 aromatic carbocycles. The van der Waals surface area contributed by atoms with E-state index in [1.54, 1.807) is 24.4 Å². The Morgan fingerprint density at radius 1 is 1.06 bits per heavy atom. The fourth-order valence-corrected chi connectivity index (χ4v) is 4.52. The van der Waals surface area contributed by atoms with E-state index in [4.69, 9.17) is 16.6 Å². The summed E-state index contributed by atoms with van der Waals surface area (Å²) in [6.45, 7) is 2.04. The molecule has 7 heteroatoms. The normalized spacial score (nSPS) is 17.7. The molecule has 164 valence electrons. The van der Waals surface area contributed by atoms with Crippen molar-refractivity contribution in [3.63, 3.8) is 0 Å². The Balaban J connectivity index is 1.59. The molecule has 2 N–H and O–H groups in total. The fraction of sp³-hybridized carbons (Fsp3) is 0.115. The topological polar surface area (TPSA) is 78.6 Å². The van der Waals surface area contributed by atoms with Crippen LogP contribution in [0.2, 0.25) is 0 Å². The highest BCUT2D eigenvalue weighted by Crippen LogP contribution is 2.43. The molecule has 6 nitrogen and oxygen atoms in total. The highest BCUT2D eigenvalue weighted by molar-refractivity contribution is 7.80. The number of anilines is 1. The molecule has 0 amide bonds. The maximum Gasteiger partial charge on any atom is 0.335 e. The lowest BCUT2D eigenvalue weighted by Crippen LogP contribution is -2.29. The Kier molecular flexibility index (Phi) is 5.40. The second-order valence-electron chi connectivity index (χ2n) is 7.92. The standard InChI is InChI=1S/C26H21N3O3S/c1-16-6-4-9-19(14-16)29-24(23(28-26(29)33)20-10-2-3-13-27-20)22-12-11-21(32-22)17-7-5-8-18(15-17)25(30)31/h2-15,23-24H,1H3,(H,28,33)(H,30,31)/t23-,24+/m0/s1. The average Bonchev–Trinajstić information content (AvgIpc) is 3.44. The van der Waals surface area contributed by atoms with Gasteiger partial charge in [0.25, 0.3) is 0 Å². The Bertz CT molecular complexity index is 1340. The summed E-state index contributed by atoms with van der Waals surface area (Å²) in [7, 11) is 0. The van der Waals surface area contributed by atoms with Gasteiger partial charge in [-0.15, -0.1) is 0 Å². The number of thiocarbonyl (C=S) groups is 1. The Morgan fingerprint density at radius 3 is 2.67 bits per heavy atom. The van der Waals surface area contributed by atoms with Gasteiger partial charge in [-0.2, -0.15) is 0 Å². The molecular formula is C26H21N3O3S. The van der Waals surface area contributed by atoms with Crippen molar-refractivity contribution in [2.45, 2.75) is 19.0 Å². The van der Waals surface area contributed by atoms with Gasteiger partial charge in [0, 0.05) is 17.4 Å². The van der Waals surface area contributed by atoms with Gasteiger partial charge in [0.2, 0.25) is 0 Å². The molecule has 0 unspecified atom stereocenters. The Labute approximate surface area is 196 Å². The summed E-state index contributed by atoms with van der Waals surface area (Å²) < 4.78 is 6.31. The molecule has 33 heavy (non-hydrogen) atoms. The number of rotatable bonds is 5. The van der Waals surface area contributed by atoms with Gasteiger partial charge in [-0.05, 0) is 73.2 Å². The van der Waals surface area contributed by atoms with Crippen LogP contribution in [0.5, 0.6) is 0 Å². The summed E-state index contributed by atoms with van der Waals surface area (Å²) in [4.78, 5) is 18.0. The van der Waals surface area contributed by atoms with Gasteiger partial charge >= 0.3 is 5.97 Å². The van der Waals surface area contributed by atoms with Crippen LogP contribution in [0.25, 0.3) is 11.3 Å². The van der Waals surface area contributed by atoms with E-state index in [1.165, 1.54) is 0 Å². The number of hydrogen-bond donors (Lipinski definition) is 2. The van der Waals surface area contributed by atoms with Gasteiger partial charge in [0.05, 0.1) is 17.3 Å². The van der Waals surface area contributed by atoms with Crippen LogP contribution < -0.4 is 10.2 Å². The van der Waals surface area contributed by atoms with Crippen LogP contribution in [0.3, 0.4) is 0 Å². The van der Waals surface area contributed by atoms with Crippen LogP contribution >= 0.6 is 12.2 Å². The maximum absolute atomic E-state index is 11.4.